The van der Waals surface area contributed by atoms with Gasteiger partial charge < -0.3 is 19.7 Å². The van der Waals surface area contributed by atoms with Crippen molar-refractivity contribution < 1.29 is 18.7 Å². The number of hydrogen-bond donors (Lipinski definition) is 1. The number of carbonyl (C=O) groups excluding carboxylic acids is 1. The van der Waals surface area contributed by atoms with Gasteiger partial charge in [-0.3, -0.25) is 4.79 Å². The molecule has 0 saturated carbocycles. The highest BCUT2D eigenvalue weighted by molar-refractivity contribution is 6.00. The number of ether oxygens (including phenoxy) is 2. The van der Waals surface area contributed by atoms with Gasteiger partial charge in [-0.05, 0) is 49.6 Å². The Balaban J connectivity index is 1.64. The van der Waals surface area contributed by atoms with E-state index in [2.05, 4.69) is 28.5 Å². The number of aromatic nitrogens is 1. The summed E-state index contributed by atoms with van der Waals surface area (Å²) in [5, 5.41) is 2.98. The summed E-state index contributed by atoms with van der Waals surface area (Å²) in [4.78, 5) is 19.8. The molecule has 0 unspecified atom stereocenters. The van der Waals surface area contributed by atoms with Crippen molar-refractivity contribution in [1.29, 1.82) is 0 Å². The molecule has 6 nitrogen and oxygen atoms in total. The van der Waals surface area contributed by atoms with Crippen molar-refractivity contribution in [3.63, 3.8) is 0 Å². The first kappa shape index (κ1) is 23.5. The van der Waals surface area contributed by atoms with E-state index in [0.29, 0.717) is 42.4 Å². The number of anilines is 1. The van der Waals surface area contributed by atoms with Crippen LogP contribution in [-0.2, 0) is 6.54 Å². The molecule has 0 aliphatic carbocycles. The summed E-state index contributed by atoms with van der Waals surface area (Å²) >= 11 is 0. The number of carbonyl (C=O) groups is 1. The fourth-order valence-electron chi connectivity index (χ4n) is 4.35. The first-order valence-electron chi connectivity index (χ1n) is 11.3. The lowest BCUT2D eigenvalue weighted by Crippen LogP contribution is -2.28. The number of nitrogens with one attached hydrogen (secondary N) is 1. The lowest BCUT2D eigenvalue weighted by molar-refractivity contribution is 0.0951. The minimum absolute atomic E-state index is 0.242. The number of halogens is 1. The first-order valence-corrected chi connectivity index (χ1v) is 11.3. The molecule has 1 aromatic heterocycles. The molecule has 7 heteroatoms. The molecule has 4 rings (SSSR count). The van der Waals surface area contributed by atoms with Crippen molar-refractivity contribution in [1.82, 2.24) is 10.3 Å². The number of alkyl halides is 1. The quantitative estimate of drug-likeness (QED) is 0.542. The summed E-state index contributed by atoms with van der Waals surface area (Å²) in [6.45, 7) is 5.17. The zero-order chi connectivity index (χ0) is 24.2. The minimum atomic E-state index is -0.913. The van der Waals surface area contributed by atoms with Gasteiger partial charge in [-0.2, -0.15) is 0 Å². The third-order valence-electron chi connectivity index (χ3n) is 6.00. The molecule has 0 radical (unpaired) electrons. The van der Waals surface area contributed by atoms with Crippen molar-refractivity contribution in [2.45, 2.75) is 33.0 Å². The number of aryl methyl sites for hydroxylation is 2. The molecule has 1 atom stereocenters. The molecular weight excluding hydrogens is 433 g/mol. The van der Waals surface area contributed by atoms with Gasteiger partial charge in [0, 0.05) is 24.8 Å². The lowest BCUT2D eigenvalue weighted by Gasteiger charge is -2.21. The highest BCUT2D eigenvalue weighted by Crippen LogP contribution is 2.30. The largest absolute Gasteiger partial charge is 0.493 e. The van der Waals surface area contributed by atoms with E-state index in [1.807, 2.05) is 36.9 Å². The smallest absolute Gasteiger partial charge is 0.255 e. The van der Waals surface area contributed by atoms with Crippen molar-refractivity contribution >= 4 is 11.7 Å². The number of rotatable bonds is 7. The second kappa shape index (κ2) is 10.1. The van der Waals surface area contributed by atoms with Crippen LogP contribution >= 0.6 is 0 Å². The highest BCUT2D eigenvalue weighted by atomic mass is 19.1. The summed E-state index contributed by atoms with van der Waals surface area (Å²) in [5.74, 6) is 1.48. The molecule has 1 aliphatic rings. The average molecular weight is 464 g/mol. The highest BCUT2D eigenvalue weighted by Gasteiger charge is 2.27. The number of methoxy groups -OCH3 is 2. The number of amides is 1. The van der Waals surface area contributed by atoms with E-state index in [9.17, 15) is 9.18 Å². The van der Waals surface area contributed by atoms with Crippen LogP contribution in [0.1, 0.15) is 33.5 Å². The Hall–Kier alpha value is -3.61. The van der Waals surface area contributed by atoms with Gasteiger partial charge in [-0.15, -0.1) is 0 Å². The Bertz CT molecular complexity index is 1180. The van der Waals surface area contributed by atoms with Crippen LogP contribution in [0.5, 0.6) is 11.5 Å². The van der Waals surface area contributed by atoms with Gasteiger partial charge in [0.15, 0.2) is 11.5 Å². The van der Waals surface area contributed by atoms with Gasteiger partial charge in [0.05, 0.1) is 26.3 Å². The molecule has 0 spiro atoms. The summed E-state index contributed by atoms with van der Waals surface area (Å²) in [5.41, 5.74) is 5.43. The van der Waals surface area contributed by atoms with Gasteiger partial charge in [0.25, 0.3) is 5.91 Å². The van der Waals surface area contributed by atoms with Gasteiger partial charge in [-0.1, -0.05) is 35.4 Å². The average Bonchev–Trinajstić information content (AvgIpc) is 3.27. The van der Waals surface area contributed by atoms with E-state index in [0.717, 1.165) is 27.8 Å². The maximum absolute atomic E-state index is 13.9. The van der Waals surface area contributed by atoms with Crippen LogP contribution < -0.4 is 19.7 Å². The van der Waals surface area contributed by atoms with E-state index < -0.39 is 6.17 Å². The number of benzene rings is 2. The SMILES string of the molecule is COc1ccc(CNC(=O)c2cc(-c3cc(C)cc(C)c3)cnc2N2CC[C@@H](F)C2)cc1OC. The number of nitrogens with zero attached hydrogens (tertiary/aromatic N) is 2. The Kier molecular flexibility index (Phi) is 7.01. The van der Waals surface area contributed by atoms with Crippen LogP contribution in [0.4, 0.5) is 10.2 Å². The maximum atomic E-state index is 13.9. The topological polar surface area (TPSA) is 63.7 Å². The minimum Gasteiger partial charge on any atom is -0.493 e. The Morgan fingerprint density at radius 2 is 1.79 bits per heavy atom. The number of pyridine rings is 1. The van der Waals surface area contributed by atoms with Crippen molar-refractivity contribution in [3.05, 3.63) is 70.9 Å². The van der Waals surface area contributed by atoms with Crippen LogP contribution in [-0.4, -0.2) is 44.4 Å². The molecular formula is C27H30FN3O3. The van der Waals surface area contributed by atoms with Crippen LogP contribution in [0.3, 0.4) is 0 Å². The van der Waals surface area contributed by atoms with Gasteiger partial charge in [-0.25, -0.2) is 9.37 Å². The summed E-state index contributed by atoms with van der Waals surface area (Å²) in [7, 11) is 3.15. The van der Waals surface area contributed by atoms with Crippen molar-refractivity contribution in [2.75, 3.05) is 32.2 Å². The maximum Gasteiger partial charge on any atom is 0.255 e. The lowest BCUT2D eigenvalue weighted by atomic mass is 10.0. The first-order chi connectivity index (χ1) is 16.4. The zero-order valence-electron chi connectivity index (χ0n) is 20.0. The summed E-state index contributed by atoms with van der Waals surface area (Å²) in [6.07, 6.45) is 1.29. The van der Waals surface area contributed by atoms with Gasteiger partial charge in [0.2, 0.25) is 0 Å². The van der Waals surface area contributed by atoms with E-state index in [4.69, 9.17) is 9.47 Å². The van der Waals surface area contributed by atoms with Crippen LogP contribution in [0.2, 0.25) is 0 Å². The second-order valence-electron chi connectivity index (χ2n) is 8.68. The summed E-state index contributed by atoms with van der Waals surface area (Å²) in [6, 6.07) is 13.6. The van der Waals surface area contributed by atoms with E-state index in [-0.39, 0.29) is 12.5 Å². The summed E-state index contributed by atoms with van der Waals surface area (Å²) < 4.78 is 24.6. The van der Waals surface area contributed by atoms with E-state index in [1.165, 1.54) is 0 Å². The van der Waals surface area contributed by atoms with Gasteiger partial charge in [0.1, 0.15) is 12.0 Å². The standard InChI is InChI=1S/C27H30FN3O3/c1-17-9-18(2)11-20(10-17)21-13-23(26(29-15-21)31-8-7-22(28)16-31)27(32)30-14-19-5-6-24(33-3)25(12-19)34-4/h5-6,9-13,15,22H,7-8,14,16H2,1-4H3,(H,30,32)/t22-/m1/s1. The third kappa shape index (κ3) is 5.14. The van der Waals surface area contributed by atoms with E-state index in [1.54, 1.807) is 26.5 Å². The van der Waals surface area contributed by atoms with E-state index >= 15 is 0 Å². The van der Waals surface area contributed by atoms with Crippen molar-refractivity contribution in [3.8, 4) is 22.6 Å². The second-order valence-corrected chi connectivity index (χ2v) is 8.68. The Morgan fingerprint density at radius 3 is 2.44 bits per heavy atom. The van der Waals surface area contributed by atoms with Crippen molar-refractivity contribution in [2.24, 2.45) is 0 Å². The molecule has 178 valence electrons. The van der Waals surface area contributed by atoms with Crippen LogP contribution in [0.25, 0.3) is 11.1 Å². The normalized spacial score (nSPS) is 15.3. The number of hydrogen-bond acceptors (Lipinski definition) is 5. The monoisotopic (exact) mass is 463 g/mol. The Labute approximate surface area is 199 Å². The fraction of sp³-hybridized carbons (Fsp3) is 0.333. The molecule has 1 aliphatic heterocycles. The molecule has 1 fully saturated rings. The third-order valence-corrected chi connectivity index (χ3v) is 6.00. The Morgan fingerprint density at radius 1 is 1.06 bits per heavy atom. The molecule has 1 N–H and O–H groups in total. The van der Waals surface area contributed by atoms with Crippen LogP contribution in [0, 0.1) is 13.8 Å². The predicted octanol–water partition coefficient (Wildman–Crippen LogP) is 4.86. The molecule has 0 bridgehead atoms. The fourth-order valence-corrected chi connectivity index (χ4v) is 4.35. The molecule has 34 heavy (non-hydrogen) atoms. The predicted molar refractivity (Wildman–Crippen MR) is 132 cm³/mol. The molecule has 2 heterocycles. The molecule has 2 aromatic carbocycles. The van der Waals surface area contributed by atoms with Gasteiger partial charge >= 0.3 is 0 Å². The molecule has 1 amide bonds. The van der Waals surface area contributed by atoms with Crippen LogP contribution in [0.15, 0.2) is 48.7 Å². The molecule has 1 saturated heterocycles. The zero-order valence-corrected chi connectivity index (χ0v) is 20.0. The molecule has 3 aromatic rings.